The Labute approximate surface area is 188 Å². The summed E-state index contributed by atoms with van der Waals surface area (Å²) in [5.41, 5.74) is 4.18. The van der Waals surface area contributed by atoms with Crippen molar-refractivity contribution in [3.63, 3.8) is 0 Å². The first-order valence-electron chi connectivity index (χ1n) is 8.91. The Hall–Kier alpha value is -3.67. The van der Waals surface area contributed by atoms with Gasteiger partial charge in [0.05, 0.1) is 17.0 Å². The zero-order valence-electron chi connectivity index (χ0n) is 16.3. The first-order chi connectivity index (χ1) is 15.0. The minimum absolute atomic E-state index is 0. The van der Waals surface area contributed by atoms with Crippen molar-refractivity contribution in [3.8, 4) is 28.5 Å². The molecule has 0 fully saturated rings. The fraction of sp³-hybridized carbons (Fsp3) is 0.100. The summed E-state index contributed by atoms with van der Waals surface area (Å²) in [6.45, 7) is 0. The van der Waals surface area contributed by atoms with Crippen LogP contribution in [0.25, 0.3) is 28.5 Å². The maximum atomic E-state index is 13.4. The highest BCUT2D eigenvalue weighted by Gasteiger charge is 2.34. The van der Waals surface area contributed by atoms with Gasteiger partial charge in [0, 0.05) is 23.5 Å². The van der Waals surface area contributed by atoms with Crippen LogP contribution in [-0.2, 0) is 12.4 Å². The van der Waals surface area contributed by atoms with Crippen molar-refractivity contribution < 1.29 is 26.3 Å². The number of nitrogens with zero attached hydrogens (tertiary/aromatic N) is 5. The molecule has 0 saturated heterocycles. The molecule has 172 valence electrons. The highest BCUT2D eigenvalue weighted by Crippen LogP contribution is 2.33. The summed E-state index contributed by atoms with van der Waals surface area (Å²) in [5.74, 6) is -0.0625. The minimum atomic E-state index is -4.80. The second kappa shape index (κ2) is 8.70. The number of hydrogen-bond donors (Lipinski definition) is 1. The molecule has 2 N–H and O–H groups in total. The first-order valence-corrected chi connectivity index (χ1v) is 8.91. The third-order valence-corrected chi connectivity index (χ3v) is 4.41. The lowest BCUT2D eigenvalue weighted by Crippen LogP contribution is -2.12. The van der Waals surface area contributed by atoms with E-state index in [0.717, 1.165) is 24.3 Å². The van der Waals surface area contributed by atoms with E-state index < -0.39 is 23.6 Å². The van der Waals surface area contributed by atoms with Gasteiger partial charge in [0.15, 0.2) is 5.69 Å². The molecule has 0 unspecified atom stereocenters. The van der Waals surface area contributed by atoms with Crippen molar-refractivity contribution in [1.29, 1.82) is 0 Å². The summed E-state index contributed by atoms with van der Waals surface area (Å²) in [5, 5.41) is 0. The number of hydrogen-bond acceptors (Lipinski definition) is 5. The van der Waals surface area contributed by atoms with Gasteiger partial charge in [-0.2, -0.15) is 26.3 Å². The van der Waals surface area contributed by atoms with Gasteiger partial charge in [0.1, 0.15) is 12.1 Å². The van der Waals surface area contributed by atoms with Crippen LogP contribution in [0.3, 0.4) is 0 Å². The van der Waals surface area contributed by atoms with E-state index in [1.165, 1.54) is 29.4 Å². The van der Waals surface area contributed by atoms with E-state index in [4.69, 9.17) is 5.73 Å². The summed E-state index contributed by atoms with van der Waals surface area (Å²) in [4.78, 5) is 15.7. The molecule has 0 aliphatic carbocycles. The number of alkyl halides is 6. The predicted octanol–water partition coefficient (Wildman–Crippen LogP) is 5.43. The normalized spacial score (nSPS) is 11.8. The standard InChI is InChI=1S/C20H12F6N6.ClH/c21-19(22,23)13-4-1-11(2-5-13)14-7-16(20(24,25)26)31-18(30-14)32-9-15(29-10-32)12-3-6-17(27)28-8-12;/h1-10H,(H2,27,28);1H. The molecular formula is C20H13ClF6N6. The lowest BCUT2D eigenvalue weighted by Gasteiger charge is -2.12. The van der Waals surface area contributed by atoms with Crippen LogP contribution in [0.15, 0.2) is 61.2 Å². The van der Waals surface area contributed by atoms with E-state index in [2.05, 4.69) is 19.9 Å². The van der Waals surface area contributed by atoms with Crippen LogP contribution < -0.4 is 5.73 Å². The van der Waals surface area contributed by atoms with E-state index in [-0.39, 0.29) is 35.4 Å². The average molecular weight is 487 g/mol. The van der Waals surface area contributed by atoms with Gasteiger partial charge in [-0.3, -0.25) is 4.57 Å². The maximum Gasteiger partial charge on any atom is 0.433 e. The Bertz CT molecular complexity index is 1250. The summed E-state index contributed by atoms with van der Waals surface area (Å²) in [6.07, 6.45) is -5.31. The fourth-order valence-corrected chi connectivity index (χ4v) is 2.81. The molecule has 0 atom stereocenters. The third kappa shape index (κ3) is 5.22. The molecule has 4 rings (SSSR count). The fourth-order valence-electron chi connectivity index (χ4n) is 2.81. The highest BCUT2D eigenvalue weighted by atomic mass is 35.5. The molecule has 0 spiro atoms. The zero-order valence-corrected chi connectivity index (χ0v) is 17.1. The third-order valence-electron chi connectivity index (χ3n) is 4.41. The van der Waals surface area contributed by atoms with Crippen LogP contribution in [0.1, 0.15) is 11.3 Å². The number of anilines is 1. The van der Waals surface area contributed by atoms with Crippen molar-refractivity contribution in [1.82, 2.24) is 24.5 Å². The summed E-state index contributed by atoms with van der Waals surface area (Å²) >= 11 is 0. The smallest absolute Gasteiger partial charge is 0.384 e. The molecule has 0 saturated carbocycles. The van der Waals surface area contributed by atoms with Gasteiger partial charge in [-0.05, 0) is 30.3 Å². The number of pyridine rings is 1. The lowest BCUT2D eigenvalue weighted by molar-refractivity contribution is -0.141. The van der Waals surface area contributed by atoms with Crippen LogP contribution in [0.5, 0.6) is 0 Å². The van der Waals surface area contributed by atoms with Gasteiger partial charge >= 0.3 is 12.4 Å². The monoisotopic (exact) mass is 486 g/mol. The molecule has 3 aromatic heterocycles. The number of benzene rings is 1. The molecule has 33 heavy (non-hydrogen) atoms. The second-order valence-corrected chi connectivity index (χ2v) is 6.65. The van der Waals surface area contributed by atoms with Gasteiger partial charge in [-0.15, -0.1) is 12.4 Å². The quantitative estimate of drug-likeness (QED) is 0.390. The number of aromatic nitrogens is 5. The summed E-state index contributed by atoms with van der Waals surface area (Å²) in [6, 6.07) is 7.49. The van der Waals surface area contributed by atoms with Crippen molar-refractivity contribution in [2.24, 2.45) is 0 Å². The molecule has 0 amide bonds. The van der Waals surface area contributed by atoms with Crippen molar-refractivity contribution in [2.75, 3.05) is 5.73 Å². The lowest BCUT2D eigenvalue weighted by atomic mass is 10.1. The molecule has 4 aromatic rings. The Kier molecular flexibility index (Phi) is 6.32. The van der Waals surface area contributed by atoms with E-state index in [9.17, 15) is 26.3 Å². The first kappa shape index (κ1) is 24.0. The molecule has 1 aromatic carbocycles. The van der Waals surface area contributed by atoms with Gasteiger partial charge in [0.25, 0.3) is 0 Å². The maximum absolute atomic E-state index is 13.4. The SMILES string of the molecule is Cl.Nc1ccc(-c2cn(-c3nc(-c4ccc(C(F)(F)F)cc4)cc(C(F)(F)F)n3)cn2)cn1. The van der Waals surface area contributed by atoms with Gasteiger partial charge in [0.2, 0.25) is 5.95 Å². The van der Waals surface area contributed by atoms with Gasteiger partial charge < -0.3 is 5.73 Å². The summed E-state index contributed by atoms with van der Waals surface area (Å²) < 4.78 is 79.8. The van der Waals surface area contributed by atoms with Crippen LogP contribution in [-0.4, -0.2) is 24.5 Å². The number of imidazole rings is 1. The largest absolute Gasteiger partial charge is 0.433 e. The number of halogens is 7. The van der Waals surface area contributed by atoms with Gasteiger partial charge in [-0.25, -0.2) is 19.9 Å². The van der Waals surface area contributed by atoms with E-state index in [0.29, 0.717) is 17.3 Å². The Morgan fingerprint density at radius 3 is 2.00 bits per heavy atom. The number of rotatable bonds is 3. The molecule has 0 aliphatic rings. The summed E-state index contributed by atoms with van der Waals surface area (Å²) in [7, 11) is 0. The van der Waals surface area contributed by atoms with Crippen LogP contribution in [0.4, 0.5) is 32.2 Å². The molecule has 6 nitrogen and oxygen atoms in total. The molecule has 0 radical (unpaired) electrons. The molecule has 3 heterocycles. The van der Waals surface area contributed by atoms with Crippen molar-refractivity contribution in [3.05, 3.63) is 72.4 Å². The second-order valence-electron chi connectivity index (χ2n) is 6.65. The van der Waals surface area contributed by atoms with Crippen molar-refractivity contribution >= 4 is 18.2 Å². The Balaban J connectivity index is 0.00000306. The molecule has 13 heteroatoms. The molecule has 0 aliphatic heterocycles. The molecule has 0 bridgehead atoms. The van der Waals surface area contributed by atoms with Crippen molar-refractivity contribution in [2.45, 2.75) is 12.4 Å². The van der Waals surface area contributed by atoms with Gasteiger partial charge in [-0.1, -0.05) is 12.1 Å². The van der Waals surface area contributed by atoms with Crippen LogP contribution in [0, 0.1) is 0 Å². The van der Waals surface area contributed by atoms with Crippen LogP contribution in [0.2, 0.25) is 0 Å². The average Bonchev–Trinajstić information content (AvgIpc) is 3.23. The number of nitrogen functional groups attached to an aromatic ring is 1. The minimum Gasteiger partial charge on any atom is -0.384 e. The zero-order chi connectivity index (χ0) is 23.1. The predicted molar refractivity (Wildman–Crippen MR) is 109 cm³/mol. The van der Waals surface area contributed by atoms with E-state index >= 15 is 0 Å². The number of nitrogens with two attached hydrogens (primary N) is 1. The van der Waals surface area contributed by atoms with E-state index in [1.807, 2.05) is 0 Å². The Morgan fingerprint density at radius 2 is 1.42 bits per heavy atom. The van der Waals surface area contributed by atoms with Crippen LogP contribution >= 0.6 is 12.4 Å². The molecular weight excluding hydrogens is 474 g/mol. The highest BCUT2D eigenvalue weighted by molar-refractivity contribution is 5.85. The van der Waals surface area contributed by atoms with E-state index in [1.54, 1.807) is 6.07 Å². The Morgan fingerprint density at radius 1 is 0.758 bits per heavy atom. The topological polar surface area (TPSA) is 82.5 Å².